The molecule has 0 aromatic heterocycles. The normalized spacial score (nSPS) is 8.88. The Balaban J connectivity index is 2.63. The molecule has 0 unspecified atom stereocenters. The van der Waals surface area contributed by atoms with Gasteiger partial charge in [0.15, 0.2) is 0 Å². The summed E-state index contributed by atoms with van der Waals surface area (Å²) in [6, 6.07) is 8.95. The highest BCUT2D eigenvalue weighted by molar-refractivity contribution is 9.10. The summed E-state index contributed by atoms with van der Waals surface area (Å²) in [5.41, 5.74) is 1.04. The fourth-order valence-corrected chi connectivity index (χ4v) is 1.50. The molecule has 1 amide bonds. The number of hydrogen-bond donors (Lipinski definition) is 2. The van der Waals surface area contributed by atoms with E-state index in [1.54, 1.807) is 18.2 Å². The molecule has 0 aliphatic carbocycles. The van der Waals surface area contributed by atoms with Gasteiger partial charge in [-0.25, -0.2) is 0 Å². The summed E-state index contributed by atoms with van der Waals surface area (Å²) in [6.07, 6.45) is 0. The number of rotatable bonds is 4. The zero-order chi connectivity index (χ0) is 12.7. The van der Waals surface area contributed by atoms with Crippen molar-refractivity contribution in [2.24, 2.45) is 0 Å². The van der Waals surface area contributed by atoms with Gasteiger partial charge >= 0.3 is 0 Å². The lowest BCUT2D eigenvalue weighted by Gasteiger charge is -2.08. The van der Waals surface area contributed by atoms with E-state index in [9.17, 15) is 4.79 Å². The van der Waals surface area contributed by atoms with Crippen LogP contribution in [0.5, 0.6) is 0 Å². The molecule has 0 aliphatic heterocycles. The Morgan fingerprint density at radius 2 is 2.18 bits per heavy atom. The molecule has 86 valence electrons. The molecule has 1 rings (SSSR count). The zero-order valence-corrected chi connectivity index (χ0v) is 10.4. The van der Waals surface area contributed by atoms with Crippen LogP contribution in [0, 0.1) is 22.7 Å². The van der Waals surface area contributed by atoms with E-state index in [1.165, 1.54) is 0 Å². The van der Waals surface area contributed by atoms with Crippen LogP contribution in [0.4, 0.5) is 5.69 Å². The fourth-order valence-electron chi connectivity index (χ4n) is 1.14. The molecule has 0 bridgehead atoms. The molecule has 5 nitrogen and oxygen atoms in total. The molecule has 1 aromatic rings. The Hall–Kier alpha value is -2.05. The van der Waals surface area contributed by atoms with Gasteiger partial charge in [0.25, 0.3) is 0 Å². The topological polar surface area (TPSA) is 88.7 Å². The van der Waals surface area contributed by atoms with E-state index in [-0.39, 0.29) is 19.0 Å². The molecule has 0 spiro atoms. The second-order valence-electron chi connectivity index (χ2n) is 3.09. The van der Waals surface area contributed by atoms with Crippen LogP contribution in [0.25, 0.3) is 0 Å². The fraction of sp³-hybridized carbons (Fsp3) is 0.182. The van der Waals surface area contributed by atoms with Crippen LogP contribution < -0.4 is 10.6 Å². The first-order valence-electron chi connectivity index (χ1n) is 4.74. The maximum atomic E-state index is 11.2. The van der Waals surface area contributed by atoms with Crippen molar-refractivity contribution in [2.75, 3.05) is 18.4 Å². The monoisotopic (exact) mass is 292 g/mol. The molecule has 0 saturated carbocycles. The highest BCUT2D eigenvalue weighted by atomic mass is 79.9. The highest BCUT2D eigenvalue weighted by Crippen LogP contribution is 2.20. The number of nitrogens with zero attached hydrogens (tertiary/aromatic N) is 2. The van der Waals surface area contributed by atoms with Gasteiger partial charge < -0.3 is 10.6 Å². The van der Waals surface area contributed by atoms with Crippen LogP contribution in [0.15, 0.2) is 22.7 Å². The minimum Gasteiger partial charge on any atom is -0.375 e. The molecule has 0 aliphatic rings. The lowest BCUT2D eigenvalue weighted by Crippen LogP contribution is -2.30. The second-order valence-corrected chi connectivity index (χ2v) is 4.01. The molecule has 1 aromatic carbocycles. The summed E-state index contributed by atoms with van der Waals surface area (Å²) < 4.78 is 0.816. The van der Waals surface area contributed by atoms with Gasteiger partial charge in [0.2, 0.25) is 5.91 Å². The van der Waals surface area contributed by atoms with E-state index in [0.29, 0.717) is 11.3 Å². The van der Waals surface area contributed by atoms with Gasteiger partial charge in [-0.3, -0.25) is 4.79 Å². The third-order valence-corrected chi connectivity index (χ3v) is 2.40. The Morgan fingerprint density at radius 1 is 1.41 bits per heavy atom. The Bertz CT molecular complexity index is 501. The molecule has 0 heterocycles. The highest BCUT2D eigenvalue weighted by Gasteiger charge is 2.04. The van der Waals surface area contributed by atoms with Gasteiger partial charge in [-0.05, 0) is 18.2 Å². The van der Waals surface area contributed by atoms with Gasteiger partial charge in [0.1, 0.15) is 12.6 Å². The molecule has 0 saturated heterocycles. The van der Waals surface area contributed by atoms with Crippen molar-refractivity contribution >= 4 is 27.5 Å². The summed E-state index contributed by atoms with van der Waals surface area (Å²) in [4.78, 5) is 11.2. The largest absolute Gasteiger partial charge is 0.375 e. The maximum absolute atomic E-state index is 11.2. The number of amides is 1. The van der Waals surface area contributed by atoms with Crippen LogP contribution in [0.1, 0.15) is 5.56 Å². The minimum atomic E-state index is -0.296. The predicted octanol–water partition coefficient (Wildman–Crippen LogP) is 1.37. The second kappa shape index (κ2) is 6.51. The number of nitriles is 2. The first kappa shape index (κ1) is 13.0. The van der Waals surface area contributed by atoms with Crippen LogP contribution in [0.2, 0.25) is 0 Å². The number of anilines is 1. The van der Waals surface area contributed by atoms with Crippen molar-refractivity contribution in [3.8, 4) is 12.1 Å². The molecule has 6 heteroatoms. The van der Waals surface area contributed by atoms with E-state index in [0.717, 1.165) is 4.47 Å². The van der Waals surface area contributed by atoms with E-state index in [2.05, 4.69) is 26.6 Å². The maximum Gasteiger partial charge on any atom is 0.240 e. The van der Waals surface area contributed by atoms with Crippen LogP contribution in [-0.2, 0) is 4.79 Å². The third-order valence-electron chi connectivity index (χ3n) is 1.91. The average Bonchev–Trinajstić information content (AvgIpc) is 2.34. The van der Waals surface area contributed by atoms with E-state index >= 15 is 0 Å². The number of halogens is 1. The number of carbonyl (C=O) groups excluding carboxylic acids is 1. The van der Waals surface area contributed by atoms with Gasteiger partial charge in [-0.15, -0.1) is 0 Å². The molecule has 17 heavy (non-hydrogen) atoms. The van der Waals surface area contributed by atoms with Crippen LogP contribution >= 0.6 is 15.9 Å². The summed E-state index contributed by atoms with van der Waals surface area (Å²) >= 11 is 3.28. The molecule has 0 atom stereocenters. The number of carbonyl (C=O) groups is 1. The minimum absolute atomic E-state index is 0.0206. The van der Waals surface area contributed by atoms with E-state index in [1.807, 2.05) is 12.1 Å². The van der Waals surface area contributed by atoms with Gasteiger partial charge in [0, 0.05) is 4.47 Å². The zero-order valence-electron chi connectivity index (χ0n) is 8.83. The lowest BCUT2D eigenvalue weighted by atomic mass is 10.2. The van der Waals surface area contributed by atoms with Crippen molar-refractivity contribution in [3.05, 3.63) is 28.2 Å². The van der Waals surface area contributed by atoms with Gasteiger partial charge in [-0.1, -0.05) is 15.9 Å². The number of nitrogens with one attached hydrogen (secondary N) is 2. The van der Waals surface area contributed by atoms with Crippen molar-refractivity contribution in [2.45, 2.75) is 0 Å². The summed E-state index contributed by atoms with van der Waals surface area (Å²) in [7, 11) is 0. The van der Waals surface area contributed by atoms with E-state index in [4.69, 9.17) is 10.5 Å². The smallest absolute Gasteiger partial charge is 0.240 e. The Kier molecular flexibility index (Phi) is 4.99. The third kappa shape index (κ3) is 4.13. The van der Waals surface area contributed by atoms with E-state index < -0.39 is 0 Å². The van der Waals surface area contributed by atoms with Gasteiger partial charge in [0.05, 0.1) is 23.9 Å². The first-order valence-corrected chi connectivity index (χ1v) is 5.54. The predicted molar refractivity (Wildman–Crippen MR) is 66.0 cm³/mol. The SMILES string of the molecule is N#CCNC(=O)CNc1cc(Br)ccc1C#N. The number of hydrogen-bond acceptors (Lipinski definition) is 4. The molecule has 0 fully saturated rings. The standard InChI is InChI=1S/C11H9BrN4O/c12-9-2-1-8(6-14)10(5-9)16-7-11(17)15-4-3-13/h1-2,5,16H,4,7H2,(H,15,17). The van der Waals surface area contributed by atoms with Crippen LogP contribution in [-0.4, -0.2) is 19.0 Å². The van der Waals surface area contributed by atoms with Crippen molar-refractivity contribution in [1.29, 1.82) is 10.5 Å². The molecular weight excluding hydrogens is 284 g/mol. The first-order chi connectivity index (χ1) is 8.17. The Labute approximate surface area is 107 Å². The molecule has 0 radical (unpaired) electrons. The Morgan fingerprint density at radius 3 is 2.82 bits per heavy atom. The van der Waals surface area contributed by atoms with Crippen molar-refractivity contribution < 1.29 is 4.79 Å². The summed E-state index contributed by atoms with van der Waals surface area (Å²) in [5, 5.41) is 22.4. The average molecular weight is 293 g/mol. The summed E-state index contributed by atoms with van der Waals surface area (Å²) in [6.45, 7) is -0.00306. The van der Waals surface area contributed by atoms with Crippen molar-refractivity contribution in [1.82, 2.24) is 5.32 Å². The van der Waals surface area contributed by atoms with Crippen LogP contribution in [0.3, 0.4) is 0 Å². The summed E-state index contributed by atoms with van der Waals surface area (Å²) in [5.74, 6) is -0.296. The lowest BCUT2D eigenvalue weighted by molar-refractivity contribution is -0.119. The van der Waals surface area contributed by atoms with Crippen molar-refractivity contribution in [3.63, 3.8) is 0 Å². The quantitative estimate of drug-likeness (QED) is 0.821. The van der Waals surface area contributed by atoms with Gasteiger partial charge in [-0.2, -0.15) is 10.5 Å². The molecular formula is C11H9BrN4O. The molecule has 2 N–H and O–H groups in total. The number of benzene rings is 1.